The van der Waals surface area contributed by atoms with Gasteiger partial charge in [-0.2, -0.15) is 0 Å². The fourth-order valence-electron chi connectivity index (χ4n) is 1.29. The molecule has 0 aliphatic rings. The van der Waals surface area contributed by atoms with Crippen LogP contribution in [-0.2, 0) is 16.1 Å². The second-order valence-corrected chi connectivity index (χ2v) is 3.66. The van der Waals surface area contributed by atoms with E-state index >= 15 is 0 Å². The number of carbonyl (C=O) groups excluding carboxylic acids is 1. The van der Waals surface area contributed by atoms with Gasteiger partial charge in [0, 0.05) is 6.04 Å². The Morgan fingerprint density at radius 3 is 3.00 bits per heavy atom. The van der Waals surface area contributed by atoms with Crippen molar-refractivity contribution in [2.75, 3.05) is 6.61 Å². The second-order valence-electron chi connectivity index (χ2n) is 3.66. The molecule has 0 spiro atoms. The first kappa shape index (κ1) is 12.7. The van der Waals surface area contributed by atoms with Crippen molar-refractivity contribution >= 4 is 5.97 Å². The fraction of sp³-hybridized carbons (Fsp3) is 0.636. The topological polar surface area (TPSA) is 64.4 Å². The Labute approximate surface area is 95.2 Å². The quantitative estimate of drug-likeness (QED) is 0.743. The van der Waals surface area contributed by atoms with Gasteiger partial charge in [0.05, 0.1) is 25.8 Å². The van der Waals surface area contributed by atoms with Crippen molar-refractivity contribution in [2.24, 2.45) is 0 Å². The Morgan fingerprint density at radius 1 is 1.69 bits per heavy atom. The van der Waals surface area contributed by atoms with Crippen molar-refractivity contribution in [1.82, 2.24) is 10.3 Å². The summed E-state index contributed by atoms with van der Waals surface area (Å²) in [4.78, 5) is 15.2. The lowest BCUT2D eigenvalue weighted by Gasteiger charge is -2.11. The molecule has 0 aliphatic carbocycles. The summed E-state index contributed by atoms with van der Waals surface area (Å²) in [5.74, 6) is 1.23. The summed E-state index contributed by atoms with van der Waals surface area (Å²) in [5.41, 5.74) is 0. The van der Waals surface area contributed by atoms with Gasteiger partial charge >= 0.3 is 5.97 Å². The van der Waals surface area contributed by atoms with Crippen LogP contribution in [-0.4, -0.2) is 23.6 Å². The number of oxazole rings is 1. The third-order valence-corrected chi connectivity index (χ3v) is 2.05. The van der Waals surface area contributed by atoms with Gasteiger partial charge in [0.1, 0.15) is 5.76 Å². The Kier molecular flexibility index (Phi) is 4.98. The molecule has 5 nitrogen and oxygen atoms in total. The van der Waals surface area contributed by atoms with E-state index in [2.05, 4.69) is 10.3 Å². The SMILES string of the molecule is CCOC(=O)CC(C)NCc1ncc(C)o1. The van der Waals surface area contributed by atoms with Gasteiger partial charge in [-0.05, 0) is 20.8 Å². The van der Waals surface area contributed by atoms with E-state index < -0.39 is 0 Å². The molecule has 1 unspecified atom stereocenters. The Bertz CT molecular complexity index is 336. The summed E-state index contributed by atoms with van der Waals surface area (Å²) in [5, 5.41) is 3.14. The summed E-state index contributed by atoms with van der Waals surface area (Å²) < 4.78 is 10.1. The minimum Gasteiger partial charge on any atom is -0.466 e. The third-order valence-electron chi connectivity index (χ3n) is 2.05. The number of aryl methyl sites for hydroxylation is 1. The molecular weight excluding hydrogens is 208 g/mol. The highest BCUT2D eigenvalue weighted by atomic mass is 16.5. The zero-order valence-electron chi connectivity index (χ0n) is 9.95. The highest BCUT2D eigenvalue weighted by molar-refractivity contribution is 5.69. The van der Waals surface area contributed by atoms with E-state index in [1.165, 1.54) is 0 Å². The van der Waals surface area contributed by atoms with Gasteiger partial charge in [-0.1, -0.05) is 0 Å². The number of carbonyl (C=O) groups is 1. The molecule has 0 saturated carbocycles. The summed E-state index contributed by atoms with van der Waals surface area (Å²) in [6.45, 7) is 6.51. The Morgan fingerprint density at radius 2 is 2.44 bits per heavy atom. The smallest absolute Gasteiger partial charge is 0.307 e. The minimum absolute atomic E-state index is 0.0475. The van der Waals surface area contributed by atoms with E-state index in [1.54, 1.807) is 13.1 Å². The zero-order chi connectivity index (χ0) is 12.0. The first-order valence-corrected chi connectivity index (χ1v) is 5.42. The van der Waals surface area contributed by atoms with Crippen molar-refractivity contribution in [3.05, 3.63) is 17.8 Å². The van der Waals surface area contributed by atoms with Gasteiger partial charge in [0.25, 0.3) is 0 Å². The van der Waals surface area contributed by atoms with Crippen LogP contribution < -0.4 is 5.32 Å². The molecule has 1 rings (SSSR count). The van der Waals surface area contributed by atoms with Gasteiger partial charge < -0.3 is 14.5 Å². The van der Waals surface area contributed by atoms with Crippen molar-refractivity contribution in [3.8, 4) is 0 Å². The van der Waals surface area contributed by atoms with Crippen LogP contribution in [0.4, 0.5) is 0 Å². The van der Waals surface area contributed by atoms with Gasteiger partial charge in [-0.25, -0.2) is 4.98 Å². The number of nitrogens with one attached hydrogen (secondary N) is 1. The summed E-state index contributed by atoms with van der Waals surface area (Å²) in [7, 11) is 0. The molecule has 0 bridgehead atoms. The largest absolute Gasteiger partial charge is 0.466 e. The van der Waals surface area contributed by atoms with Crippen molar-refractivity contribution in [3.63, 3.8) is 0 Å². The molecule has 0 saturated heterocycles. The van der Waals surface area contributed by atoms with E-state index in [-0.39, 0.29) is 12.0 Å². The van der Waals surface area contributed by atoms with Gasteiger partial charge in [0.15, 0.2) is 0 Å². The van der Waals surface area contributed by atoms with Gasteiger partial charge in [-0.3, -0.25) is 4.79 Å². The maximum absolute atomic E-state index is 11.2. The normalized spacial score (nSPS) is 12.4. The van der Waals surface area contributed by atoms with E-state index in [1.807, 2.05) is 13.8 Å². The molecule has 16 heavy (non-hydrogen) atoms. The maximum atomic E-state index is 11.2. The third kappa shape index (κ3) is 4.44. The summed E-state index contributed by atoms with van der Waals surface area (Å²) in [6.07, 6.45) is 2.03. The van der Waals surface area contributed by atoms with Crippen molar-refractivity contribution in [2.45, 2.75) is 39.8 Å². The lowest BCUT2D eigenvalue weighted by Crippen LogP contribution is -2.28. The van der Waals surface area contributed by atoms with E-state index in [9.17, 15) is 4.79 Å². The molecule has 0 aliphatic heterocycles. The molecule has 0 fully saturated rings. The van der Waals surface area contributed by atoms with Crippen LogP contribution >= 0.6 is 0 Å². The zero-order valence-corrected chi connectivity index (χ0v) is 9.95. The Balaban J connectivity index is 2.24. The number of hydrogen-bond acceptors (Lipinski definition) is 5. The predicted molar refractivity (Wildman–Crippen MR) is 58.8 cm³/mol. The summed E-state index contributed by atoms with van der Waals surface area (Å²) >= 11 is 0. The molecule has 90 valence electrons. The average Bonchev–Trinajstić information content (AvgIpc) is 2.61. The molecule has 0 amide bonds. The molecule has 1 N–H and O–H groups in total. The molecular formula is C11H18N2O3. The Hall–Kier alpha value is -1.36. The number of nitrogens with zero attached hydrogens (tertiary/aromatic N) is 1. The lowest BCUT2D eigenvalue weighted by molar-refractivity contribution is -0.143. The van der Waals surface area contributed by atoms with Crippen LogP contribution in [0.25, 0.3) is 0 Å². The second kappa shape index (κ2) is 6.27. The van der Waals surface area contributed by atoms with Crippen molar-refractivity contribution < 1.29 is 13.9 Å². The highest BCUT2D eigenvalue weighted by Crippen LogP contribution is 2.02. The van der Waals surface area contributed by atoms with Gasteiger partial charge in [0.2, 0.25) is 5.89 Å². The van der Waals surface area contributed by atoms with Crippen LogP contribution in [0.1, 0.15) is 31.9 Å². The maximum Gasteiger partial charge on any atom is 0.307 e. The molecule has 1 atom stereocenters. The molecule has 1 heterocycles. The number of hydrogen-bond donors (Lipinski definition) is 1. The standard InChI is InChI=1S/C11H18N2O3/c1-4-15-11(14)5-8(2)12-7-10-13-6-9(3)16-10/h6,8,12H,4-5,7H2,1-3H3. The number of aromatic nitrogens is 1. The lowest BCUT2D eigenvalue weighted by atomic mass is 10.2. The molecule has 0 radical (unpaired) electrons. The first-order chi connectivity index (χ1) is 7.61. The average molecular weight is 226 g/mol. The van der Waals surface area contributed by atoms with E-state index in [0.29, 0.717) is 25.5 Å². The number of rotatable bonds is 6. The fourth-order valence-corrected chi connectivity index (χ4v) is 1.29. The molecule has 5 heteroatoms. The monoisotopic (exact) mass is 226 g/mol. The summed E-state index contributed by atoms with van der Waals surface area (Å²) in [6, 6.07) is 0.0475. The predicted octanol–water partition coefficient (Wildman–Crippen LogP) is 1.41. The van der Waals surface area contributed by atoms with E-state index in [0.717, 1.165) is 5.76 Å². The number of esters is 1. The van der Waals surface area contributed by atoms with E-state index in [4.69, 9.17) is 9.15 Å². The van der Waals surface area contributed by atoms with Crippen LogP contribution in [0.5, 0.6) is 0 Å². The van der Waals surface area contributed by atoms with Crippen LogP contribution in [0.2, 0.25) is 0 Å². The van der Waals surface area contributed by atoms with Crippen molar-refractivity contribution in [1.29, 1.82) is 0 Å². The number of ether oxygens (including phenoxy) is 1. The molecule has 0 aromatic carbocycles. The molecule has 1 aromatic rings. The van der Waals surface area contributed by atoms with Crippen LogP contribution in [0, 0.1) is 6.92 Å². The highest BCUT2D eigenvalue weighted by Gasteiger charge is 2.10. The van der Waals surface area contributed by atoms with Gasteiger partial charge in [-0.15, -0.1) is 0 Å². The first-order valence-electron chi connectivity index (χ1n) is 5.42. The minimum atomic E-state index is -0.189. The van der Waals surface area contributed by atoms with Crippen LogP contribution in [0.15, 0.2) is 10.6 Å². The molecule has 1 aromatic heterocycles. The van der Waals surface area contributed by atoms with Crippen LogP contribution in [0.3, 0.4) is 0 Å².